The van der Waals surface area contributed by atoms with Crippen LogP contribution < -0.4 is 4.90 Å². The summed E-state index contributed by atoms with van der Waals surface area (Å²) in [5, 5.41) is 1.50. The molecule has 3 aromatic rings. The number of pyridine rings is 2. The minimum atomic E-state index is 0.286. The van der Waals surface area contributed by atoms with E-state index in [4.69, 9.17) is 32.9 Å². The summed E-state index contributed by atoms with van der Waals surface area (Å²) in [7, 11) is 0. The molecule has 2 aliphatic heterocycles. The number of halogens is 2. The van der Waals surface area contributed by atoms with E-state index >= 15 is 0 Å². The molecule has 0 aliphatic carbocycles. The summed E-state index contributed by atoms with van der Waals surface area (Å²) in [6, 6.07) is 5.70. The third kappa shape index (κ3) is 4.90. The summed E-state index contributed by atoms with van der Waals surface area (Å²) in [6.07, 6.45) is 6.93. The first-order valence-electron chi connectivity index (χ1n) is 10.6. The number of ether oxygens (including phenoxy) is 1. The molecule has 0 atom stereocenters. The van der Waals surface area contributed by atoms with E-state index in [0.29, 0.717) is 16.1 Å². The Bertz CT molecular complexity index is 1050. The van der Waals surface area contributed by atoms with Crippen molar-refractivity contribution in [3.05, 3.63) is 40.8 Å². The van der Waals surface area contributed by atoms with Crippen molar-refractivity contribution in [3.63, 3.8) is 0 Å². The lowest BCUT2D eigenvalue weighted by atomic mass is 9.78. The van der Waals surface area contributed by atoms with Crippen LogP contribution in [0.25, 0.3) is 11.2 Å². The van der Waals surface area contributed by atoms with E-state index in [2.05, 4.69) is 19.9 Å². The van der Waals surface area contributed by atoms with Gasteiger partial charge in [0, 0.05) is 30.8 Å². The minimum Gasteiger partial charge on any atom is -0.381 e. The molecule has 5 heterocycles. The van der Waals surface area contributed by atoms with Gasteiger partial charge in [0.05, 0.1) is 17.8 Å². The van der Waals surface area contributed by atoms with Gasteiger partial charge in [-0.3, -0.25) is 0 Å². The van der Waals surface area contributed by atoms with Crippen molar-refractivity contribution in [2.75, 3.05) is 31.2 Å². The van der Waals surface area contributed by atoms with E-state index in [-0.39, 0.29) is 5.15 Å². The van der Waals surface area contributed by atoms with Crippen molar-refractivity contribution < 1.29 is 4.74 Å². The maximum Gasteiger partial charge on any atom is 0.179 e. The van der Waals surface area contributed by atoms with Crippen molar-refractivity contribution in [1.82, 2.24) is 19.9 Å². The van der Waals surface area contributed by atoms with Crippen LogP contribution in [-0.2, 0) is 4.74 Å². The highest BCUT2D eigenvalue weighted by atomic mass is 35.5. The average molecular weight is 478 g/mol. The van der Waals surface area contributed by atoms with Crippen LogP contribution in [0.15, 0.2) is 40.5 Å². The first kappa shape index (κ1) is 22.5. The van der Waals surface area contributed by atoms with Crippen LogP contribution in [0, 0.1) is 5.41 Å². The Kier molecular flexibility index (Phi) is 7.16. The van der Waals surface area contributed by atoms with Gasteiger partial charge >= 0.3 is 0 Å². The second kappa shape index (κ2) is 9.86. The number of piperidine rings is 1. The van der Waals surface area contributed by atoms with Crippen LogP contribution in [-0.4, -0.2) is 46.2 Å². The van der Waals surface area contributed by atoms with Gasteiger partial charge in [0.15, 0.2) is 5.65 Å². The zero-order valence-electron chi connectivity index (χ0n) is 17.6. The fourth-order valence-electron chi connectivity index (χ4n) is 3.93. The summed E-state index contributed by atoms with van der Waals surface area (Å²) in [6.45, 7) is 7.79. The molecular formula is C22H25Cl2N5OS. The third-order valence-electron chi connectivity index (χ3n) is 5.73. The number of anilines is 1. The molecule has 6 nitrogen and oxygen atoms in total. The largest absolute Gasteiger partial charge is 0.381 e. The molecule has 5 rings (SSSR count). The first-order valence-corrected chi connectivity index (χ1v) is 12.1. The molecule has 0 aromatic carbocycles. The van der Waals surface area contributed by atoms with Crippen molar-refractivity contribution in [2.45, 2.75) is 43.0 Å². The Balaban J connectivity index is 0.00000112. The van der Waals surface area contributed by atoms with Gasteiger partial charge in [0.2, 0.25) is 0 Å². The quantitative estimate of drug-likeness (QED) is 0.434. The molecule has 2 saturated heterocycles. The molecule has 31 heavy (non-hydrogen) atoms. The Morgan fingerprint density at radius 3 is 2.58 bits per heavy atom. The second-order valence-corrected chi connectivity index (χ2v) is 9.32. The SMILES string of the molecule is CC.Clc1nccc(Sc2ccc3nc(N4CCC5(CCOC5)CC4)cnc3n2)c1Cl. The predicted octanol–water partition coefficient (Wildman–Crippen LogP) is 5.91. The monoisotopic (exact) mass is 477 g/mol. The van der Waals surface area contributed by atoms with Crippen LogP contribution in [0.3, 0.4) is 0 Å². The van der Waals surface area contributed by atoms with E-state index in [1.165, 1.54) is 18.2 Å². The normalized spacial score (nSPS) is 17.6. The van der Waals surface area contributed by atoms with Gasteiger partial charge in [-0.1, -0.05) is 48.8 Å². The van der Waals surface area contributed by atoms with Gasteiger partial charge in [-0.25, -0.2) is 19.9 Å². The van der Waals surface area contributed by atoms with Gasteiger partial charge in [0.1, 0.15) is 21.5 Å². The van der Waals surface area contributed by atoms with Gasteiger partial charge in [-0.15, -0.1) is 0 Å². The van der Waals surface area contributed by atoms with Crippen LogP contribution in [0.1, 0.15) is 33.1 Å². The molecule has 0 radical (unpaired) electrons. The highest BCUT2D eigenvalue weighted by Crippen LogP contribution is 2.40. The highest BCUT2D eigenvalue weighted by Gasteiger charge is 2.38. The van der Waals surface area contributed by atoms with Crippen LogP contribution >= 0.6 is 35.0 Å². The lowest BCUT2D eigenvalue weighted by Crippen LogP contribution is -2.40. The summed E-state index contributed by atoms with van der Waals surface area (Å²) in [5.74, 6) is 0.914. The molecule has 0 unspecified atom stereocenters. The molecule has 1 spiro atoms. The molecule has 0 bridgehead atoms. The second-order valence-electron chi connectivity index (χ2n) is 7.53. The average Bonchev–Trinajstić information content (AvgIpc) is 3.26. The highest BCUT2D eigenvalue weighted by molar-refractivity contribution is 7.99. The Labute approximate surface area is 196 Å². The van der Waals surface area contributed by atoms with E-state index in [9.17, 15) is 0 Å². The summed E-state index contributed by atoms with van der Waals surface area (Å²) < 4.78 is 5.63. The summed E-state index contributed by atoms with van der Waals surface area (Å²) in [4.78, 5) is 21.1. The van der Waals surface area contributed by atoms with E-state index < -0.39 is 0 Å². The summed E-state index contributed by atoms with van der Waals surface area (Å²) >= 11 is 13.7. The first-order chi connectivity index (χ1) is 15.1. The van der Waals surface area contributed by atoms with Crippen molar-refractivity contribution in [1.29, 1.82) is 0 Å². The van der Waals surface area contributed by atoms with Gasteiger partial charge in [-0.05, 0) is 42.9 Å². The molecule has 0 N–H and O–H groups in total. The number of hydrogen-bond acceptors (Lipinski definition) is 7. The Hall–Kier alpha value is -1.67. The van der Waals surface area contributed by atoms with E-state index in [0.717, 1.165) is 60.4 Å². The summed E-state index contributed by atoms with van der Waals surface area (Å²) in [5.41, 5.74) is 1.79. The van der Waals surface area contributed by atoms with E-state index in [1.807, 2.05) is 38.2 Å². The molecule has 164 valence electrons. The lowest BCUT2D eigenvalue weighted by Gasteiger charge is -2.38. The maximum atomic E-state index is 6.23. The molecule has 3 aromatic heterocycles. The smallest absolute Gasteiger partial charge is 0.179 e. The van der Waals surface area contributed by atoms with Crippen molar-refractivity contribution in [3.8, 4) is 0 Å². The van der Waals surface area contributed by atoms with Crippen LogP contribution in [0.4, 0.5) is 5.82 Å². The van der Waals surface area contributed by atoms with Gasteiger partial charge < -0.3 is 9.64 Å². The van der Waals surface area contributed by atoms with Gasteiger partial charge in [0.25, 0.3) is 0 Å². The Morgan fingerprint density at radius 2 is 1.84 bits per heavy atom. The molecule has 2 aliphatic rings. The number of aromatic nitrogens is 4. The maximum absolute atomic E-state index is 6.23. The zero-order chi connectivity index (χ0) is 21.8. The number of nitrogens with zero attached hydrogens (tertiary/aromatic N) is 5. The fraction of sp³-hybridized carbons (Fsp3) is 0.455. The van der Waals surface area contributed by atoms with E-state index in [1.54, 1.807) is 6.20 Å². The minimum absolute atomic E-state index is 0.286. The lowest BCUT2D eigenvalue weighted by molar-refractivity contribution is 0.133. The molecule has 9 heteroatoms. The third-order valence-corrected chi connectivity index (χ3v) is 7.60. The molecule has 0 amide bonds. The van der Waals surface area contributed by atoms with Gasteiger partial charge in [-0.2, -0.15) is 0 Å². The van der Waals surface area contributed by atoms with Crippen LogP contribution in [0.2, 0.25) is 10.2 Å². The molecule has 2 fully saturated rings. The molecular weight excluding hydrogens is 453 g/mol. The predicted molar refractivity (Wildman–Crippen MR) is 126 cm³/mol. The Morgan fingerprint density at radius 1 is 1.03 bits per heavy atom. The number of rotatable bonds is 3. The molecule has 0 saturated carbocycles. The standard InChI is InChI=1S/C20H19Cl2N5OS.C2H6/c21-17-14(3-7-23-18(17)22)29-16-2-1-13-19(26-16)24-11-15(25-13)27-8-4-20(5-9-27)6-10-28-12-20;1-2/h1-3,7,11H,4-6,8-10,12H2;1-2H3. The fourth-order valence-corrected chi connectivity index (χ4v) is 5.18. The van der Waals surface area contributed by atoms with Crippen molar-refractivity contribution in [2.24, 2.45) is 5.41 Å². The number of fused-ring (bicyclic) bond motifs is 1. The van der Waals surface area contributed by atoms with Crippen LogP contribution in [0.5, 0.6) is 0 Å². The zero-order valence-corrected chi connectivity index (χ0v) is 20.0. The number of hydrogen-bond donors (Lipinski definition) is 0. The topological polar surface area (TPSA) is 64.0 Å². The van der Waals surface area contributed by atoms with Crippen molar-refractivity contribution >= 4 is 51.9 Å².